The van der Waals surface area contributed by atoms with Gasteiger partial charge in [0.1, 0.15) is 0 Å². The Hall–Kier alpha value is -6.68. The molecule has 0 spiro atoms. The Morgan fingerprint density at radius 3 is 1.58 bits per heavy atom. The molecule has 9 aromatic carbocycles. The zero-order valence-corrected chi connectivity index (χ0v) is 29.7. The molecule has 2 nitrogen and oxygen atoms in total. The summed E-state index contributed by atoms with van der Waals surface area (Å²) in [6, 6.07) is 74.5. The van der Waals surface area contributed by atoms with Crippen LogP contribution in [0.3, 0.4) is 0 Å². The van der Waals surface area contributed by atoms with Crippen LogP contribution in [-0.2, 0) is 0 Å². The smallest absolute Gasteiger partial charge is 0.0540 e. The van der Waals surface area contributed by atoms with Gasteiger partial charge in [-0.2, -0.15) is 0 Å². The molecule has 0 aliphatic carbocycles. The Labute approximate surface area is 313 Å². The summed E-state index contributed by atoms with van der Waals surface area (Å²) in [5, 5.41) is 7.71. The average Bonchev–Trinajstić information content (AvgIpc) is 3.62. The van der Waals surface area contributed by atoms with Crippen LogP contribution in [0.2, 0.25) is 0 Å². The molecule has 0 amide bonds. The van der Waals surface area contributed by atoms with Crippen molar-refractivity contribution < 1.29 is 0 Å². The van der Waals surface area contributed by atoms with Gasteiger partial charge in [-0.1, -0.05) is 140 Å². The summed E-state index contributed by atoms with van der Waals surface area (Å²) in [6.07, 6.45) is 0. The maximum Gasteiger partial charge on any atom is 0.0540 e. The molecule has 53 heavy (non-hydrogen) atoms. The second-order valence-corrected chi connectivity index (χ2v) is 14.4. The summed E-state index contributed by atoms with van der Waals surface area (Å²) in [5.41, 5.74) is 9.03. The van der Waals surface area contributed by atoms with Crippen molar-refractivity contribution in [3.05, 3.63) is 206 Å². The van der Waals surface area contributed by atoms with Crippen LogP contribution in [0.25, 0.3) is 52.8 Å². The largest absolute Gasteiger partial charge is 0.310 e. The summed E-state index contributed by atoms with van der Waals surface area (Å²) in [7, 11) is 0. The first-order chi connectivity index (χ1) is 26.3. The van der Waals surface area contributed by atoms with Crippen molar-refractivity contribution in [2.45, 2.75) is 0 Å². The summed E-state index contributed by atoms with van der Waals surface area (Å²) in [4.78, 5) is 4.75. The topological polar surface area (TPSA) is 6.48 Å². The molecule has 3 heteroatoms. The third-order valence-corrected chi connectivity index (χ3v) is 11.4. The van der Waals surface area contributed by atoms with Crippen LogP contribution < -0.4 is 9.80 Å². The molecule has 0 aliphatic rings. The summed E-state index contributed by atoms with van der Waals surface area (Å²) in [6.45, 7) is 0. The van der Waals surface area contributed by atoms with Crippen LogP contribution in [0, 0.1) is 0 Å². The van der Waals surface area contributed by atoms with Gasteiger partial charge >= 0.3 is 0 Å². The van der Waals surface area contributed by atoms with E-state index in [1.54, 1.807) is 0 Å². The molecule has 0 saturated carbocycles. The lowest BCUT2D eigenvalue weighted by atomic mass is 9.98. The third kappa shape index (κ3) is 5.50. The molecular formula is C50H34N2S. The minimum atomic E-state index is 1.08. The number of rotatable bonds is 7. The maximum absolute atomic E-state index is 2.41. The van der Waals surface area contributed by atoms with E-state index >= 15 is 0 Å². The lowest BCUT2D eigenvalue weighted by Gasteiger charge is -2.30. The van der Waals surface area contributed by atoms with E-state index in [2.05, 4.69) is 216 Å². The fourth-order valence-corrected chi connectivity index (χ4v) is 9.04. The van der Waals surface area contributed by atoms with Crippen LogP contribution in [0.5, 0.6) is 0 Å². The molecule has 0 unspecified atom stereocenters. The van der Waals surface area contributed by atoms with Gasteiger partial charge in [0.05, 0.1) is 5.69 Å². The van der Waals surface area contributed by atoms with Gasteiger partial charge in [-0.15, -0.1) is 11.3 Å². The number of thiophene rings is 1. The van der Waals surface area contributed by atoms with Crippen molar-refractivity contribution in [3.63, 3.8) is 0 Å². The summed E-state index contributed by atoms with van der Waals surface area (Å²) in [5.74, 6) is 0. The molecular weight excluding hydrogens is 661 g/mol. The molecule has 0 radical (unpaired) electrons. The van der Waals surface area contributed by atoms with Crippen molar-refractivity contribution in [1.82, 2.24) is 0 Å². The van der Waals surface area contributed by atoms with Crippen LogP contribution >= 0.6 is 11.3 Å². The van der Waals surface area contributed by atoms with Crippen LogP contribution in [0.1, 0.15) is 0 Å². The van der Waals surface area contributed by atoms with E-state index in [1.807, 2.05) is 11.3 Å². The van der Waals surface area contributed by atoms with Crippen LogP contribution in [0.15, 0.2) is 206 Å². The highest BCUT2D eigenvalue weighted by atomic mass is 32.1. The number of hydrogen-bond acceptors (Lipinski definition) is 3. The minimum absolute atomic E-state index is 1.08. The molecule has 10 aromatic rings. The number of nitrogens with zero attached hydrogens (tertiary/aromatic N) is 2. The Bertz CT molecular complexity index is 2880. The Morgan fingerprint density at radius 1 is 0.321 bits per heavy atom. The fraction of sp³-hybridized carbons (Fsp3) is 0. The molecule has 0 saturated heterocycles. The van der Waals surface area contributed by atoms with Gasteiger partial charge in [0.25, 0.3) is 0 Å². The van der Waals surface area contributed by atoms with Gasteiger partial charge in [0.15, 0.2) is 0 Å². The Balaban J connectivity index is 1.15. The predicted molar refractivity (Wildman–Crippen MR) is 229 cm³/mol. The fourth-order valence-electron chi connectivity index (χ4n) is 7.77. The van der Waals surface area contributed by atoms with Gasteiger partial charge in [0, 0.05) is 59.4 Å². The van der Waals surface area contributed by atoms with E-state index < -0.39 is 0 Å². The van der Waals surface area contributed by atoms with Gasteiger partial charge < -0.3 is 9.80 Å². The quantitative estimate of drug-likeness (QED) is 0.153. The van der Waals surface area contributed by atoms with E-state index in [-0.39, 0.29) is 0 Å². The molecule has 1 heterocycles. The van der Waals surface area contributed by atoms with E-state index in [1.165, 1.54) is 52.8 Å². The minimum Gasteiger partial charge on any atom is -0.310 e. The molecule has 0 atom stereocenters. The van der Waals surface area contributed by atoms with E-state index in [4.69, 9.17) is 0 Å². The van der Waals surface area contributed by atoms with Gasteiger partial charge in [-0.25, -0.2) is 0 Å². The lowest BCUT2D eigenvalue weighted by molar-refractivity contribution is 1.25. The van der Waals surface area contributed by atoms with Crippen molar-refractivity contribution in [1.29, 1.82) is 0 Å². The molecule has 10 rings (SSSR count). The highest BCUT2D eigenvalue weighted by molar-refractivity contribution is 7.26. The second-order valence-electron chi connectivity index (χ2n) is 13.4. The van der Waals surface area contributed by atoms with Crippen molar-refractivity contribution >= 4 is 87.2 Å². The maximum atomic E-state index is 2.41. The van der Waals surface area contributed by atoms with Gasteiger partial charge in [-0.3, -0.25) is 0 Å². The van der Waals surface area contributed by atoms with Crippen molar-refractivity contribution in [2.75, 3.05) is 9.80 Å². The standard InChI is InChI=1S/C50H34N2S/c1-4-14-35(15-5-1)36-26-30-40(31-27-36)51(38-16-6-2-7-17-38)41-20-12-21-42(34-41)52(39-18-8-3-9-19-39)47-24-13-23-45-43(47)32-28-37-29-33-46-44-22-10-11-25-48(44)53-50(46)49(37)45/h1-34H. The predicted octanol–water partition coefficient (Wildman–Crippen LogP) is 15.0. The zero-order chi connectivity index (χ0) is 35.1. The second kappa shape index (κ2) is 13.1. The molecule has 0 aliphatic heterocycles. The monoisotopic (exact) mass is 694 g/mol. The first-order valence-corrected chi connectivity index (χ1v) is 18.8. The molecule has 0 bridgehead atoms. The first-order valence-electron chi connectivity index (χ1n) is 18.0. The van der Waals surface area contributed by atoms with Gasteiger partial charge in [-0.05, 0) is 88.6 Å². The molecule has 1 aromatic heterocycles. The first kappa shape index (κ1) is 31.1. The number of fused-ring (bicyclic) bond motifs is 7. The molecule has 0 N–H and O–H groups in total. The molecule has 250 valence electrons. The lowest BCUT2D eigenvalue weighted by Crippen LogP contribution is -2.13. The normalized spacial score (nSPS) is 11.4. The SMILES string of the molecule is c1ccc(-c2ccc(N(c3ccccc3)c3cccc(N(c4ccccc4)c4cccc5c4ccc4ccc6c7ccccc7sc6c45)c3)cc2)cc1. The van der Waals surface area contributed by atoms with Gasteiger partial charge in [0.2, 0.25) is 0 Å². The Kier molecular flexibility index (Phi) is 7.71. The summed E-state index contributed by atoms with van der Waals surface area (Å²) >= 11 is 1.89. The Morgan fingerprint density at radius 2 is 0.849 bits per heavy atom. The van der Waals surface area contributed by atoms with E-state index in [0.717, 1.165) is 34.1 Å². The zero-order valence-electron chi connectivity index (χ0n) is 28.9. The number of hydrogen-bond donors (Lipinski definition) is 0. The number of benzene rings is 9. The highest BCUT2D eigenvalue weighted by Crippen LogP contribution is 2.46. The number of para-hydroxylation sites is 2. The van der Waals surface area contributed by atoms with Crippen molar-refractivity contribution in [3.8, 4) is 11.1 Å². The van der Waals surface area contributed by atoms with E-state index in [9.17, 15) is 0 Å². The summed E-state index contributed by atoms with van der Waals surface area (Å²) < 4.78 is 2.67. The highest BCUT2D eigenvalue weighted by Gasteiger charge is 2.20. The average molecular weight is 695 g/mol. The van der Waals surface area contributed by atoms with Crippen LogP contribution in [0.4, 0.5) is 34.1 Å². The number of anilines is 6. The third-order valence-electron chi connectivity index (χ3n) is 10.2. The van der Waals surface area contributed by atoms with Crippen molar-refractivity contribution in [2.24, 2.45) is 0 Å². The van der Waals surface area contributed by atoms with E-state index in [0.29, 0.717) is 0 Å². The van der Waals surface area contributed by atoms with Crippen LogP contribution in [-0.4, -0.2) is 0 Å². The molecule has 0 fully saturated rings.